The quantitative estimate of drug-likeness (QED) is 0.358. The van der Waals surface area contributed by atoms with E-state index in [-0.39, 0.29) is 6.42 Å². The smallest absolute Gasteiger partial charge is 0.316 e. The van der Waals surface area contributed by atoms with Gasteiger partial charge in [0.2, 0.25) is 0 Å². The molecule has 0 spiro atoms. The van der Waals surface area contributed by atoms with Gasteiger partial charge in [-0.15, -0.1) is 0 Å². The molecule has 0 saturated carbocycles. The minimum Gasteiger partial charge on any atom is -0.469 e. The normalized spacial score (nSPS) is 10.7. The summed E-state index contributed by atoms with van der Waals surface area (Å²) in [6, 6.07) is 0. The highest BCUT2D eigenvalue weighted by atomic mass is 16.5. The highest BCUT2D eigenvalue weighted by Gasteiger charge is 2.07. The zero-order valence-electron chi connectivity index (χ0n) is 8.37. The maximum Gasteiger partial charge on any atom is 0.316 e. The molecule has 6 heteroatoms. The predicted octanol–water partition coefficient (Wildman–Crippen LogP) is -0.873. The van der Waals surface area contributed by atoms with E-state index in [4.69, 9.17) is 4.79 Å². The van der Waals surface area contributed by atoms with Crippen molar-refractivity contribution in [2.24, 2.45) is 0 Å². The van der Waals surface area contributed by atoms with Gasteiger partial charge in [-0.3, -0.25) is 9.59 Å². The SMILES string of the molecule is C1CN1.C=O.COC(=O)CC(=O)OC. The summed E-state index contributed by atoms with van der Waals surface area (Å²) >= 11 is 0. The van der Waals surface area contributed by atoms with Crippen LogP contribution >= 0.6 is 0 Å². The molecule has 1 N–H and O–H groups in total. The molecule has 0 unspecified atom stereocenters. The van der Waals surface area contributed by atoms with Crippen LogP contribution in [0.5, 0.6) is 0 Å². The lowest BCUT2D eigenvalue weighted by atomic mass is 10.4. The zero-order valence-corrected chi connectivity index (χ0v) is 8.37. The van der Waals surface area contributed by atoms with Crippen molar-refractivity contribution in [1.29, 1.82) is 0 Å². The van der Waals surface area contributed by atoms with Crippen LogP contribution in [0.25, 0.3) is 0 Å². The number of carbonyl (C=O) groups excluding carboxylic acids is 3. The lowest BCUT2D eigenvalue weighted by Gasteiger charge is -1.95. The summed E-state index contributed by atoms with van der Waals surface area (Å²) < 4.78 is 8.37. The van der Waals surface area contributed by atoms with Gasteiger partial charge >= 0.3 is 11.9 Å². The van der Waals surface area contributed by atoms with E-state index in [9.17, 15) is 9.59 Å². The van der Waals surface area contributed by atoms with Gasteiger partial charge < -0.3 is 19.6 Å². The minimum absolute atomic E-state index is 0.312. The zero-order chi connectivity index (χ0) is 11.4. The van der Waals surface area contributed by atoms with Crippen LogP contribution in [-0.4, -0.2) is 46.0 Å². The maximum atomic E-state index is 10.3. The number of hydrogen-bond acceptors (Lipinski definition) is 6. The van der Waals surface area contributed by atoms with Crippen LogP contribution in [0.2, 0.25) is 0 Å². The number of hydrogen-bond donors (Lipinski definition) is 1. The fourth-order valence-corrected chi connectivity index (χ4v) is 0.262. The fraction of sp³-hybridized carbons (Fsp3) is 0.625. The predicted molar refractivity (Wildman–Crippen MR) is 48.6 cm³/mol. The molecule has 1 aliphatic heterocycles. The van der Waals surface area contributed by atoms with E-state index in [1.807, 2.05) is 6.79 Å². The molecule has 0 aromatic rings. The summed E-state index contributed by atoms with van der Waals surface area (Å²) in [5, 5.41) is 3.00. The number of esters is 2. The van der Waals surface area contributed by atoms with Crippen molar-refractivity contribution in [3.63, 3.8) is 0 Å². The van der Waals surface area contributed by atoms with E-state index < -0.39 is 11.9 Å². The third kappa shape index (κ3) is 16.9. The molecule has 1 saturated heterocycles. The van der Waals surface area contributed by atoms with Crippen molar-refractivity contribution in [2.75, 3.05) is 27.3 Å². The summed E-state index contributed by atoms with van der Waals surface area (Å²) in [4.78, 5) is 28.5. The van der Waals surface area contributed by atoms with E-state index in [1.165, 1.54) is 27.3 Å². The summed E-state index contributed by atoms with van der Waals surface area (Å²) in [6.45, 7) is 4.50. The first-order chi connectivity index (χ1) is 6.70. The summed E-state index contributed by atoms with van der Waals surface area (Å²) in [5.41, 5.74) is 0. The van der Waals surface area contributed by atoms with Crippen LogP contribution < -0.4 is 5.32 Å². The van der Waals surface area contributed by atoms with E-state index in [0.717, 1.165) is 0 Å². The molecule has 0 aliphatic carbocycles. The van der Waals surface area contributed by atoms with Crippen molar-refractivity contribution >= 4 is 18.7 Å². The van der Waals surface area contributed by atoms with Gasteiger partial charge in [0, 0.05) is 13.1 Å². The molecule has 0 aromatic carbocycles. The van der Waals surface area contributed by atoms with Crippen molar-refractivity contribution in [2.45, 2.75) is 6.42 Å². The number of carbonyl (C=O) groups is 3. The molecular weight excluding hydrogens is 190 g/mol. The largest absolute Gasteiger partial charge is 0.469 e. The lowest BCUT2D eigenvalue weighted by Crippen LogP contribution is -2.09. The second-order valence-electron chi connectivity index (χ2n) is 2.08. The van der Waals surface area contributed by atoms with Gasteiger partial charge in [-0.25, -0.2) is 0 Å². The molecule has 1 aliphatic rings. The maximum absolute atomic E-state index is 10.3. The number of methoxy groups -OCH3 is 2. The molecule has 0 atom stereocenters. The molecule has 14 heavy (non-hydrogen) atoms. The number of rotatable bonds is 2. The van der Waals surface area contributed by atoms with Crippen molar-refractivity contribution < 1.29 is 23.9 Å². The van der Waals surface area contributed by atoms with Crippen molar-refractivity contribution in [3.8, 4) is 0 Å². The average Bonchev–Trinajstić information content (AvgIpc) is 3.07. The van der Waals surface area contributed by atoms with E-state index >= 15 is 0 Å². The Balaban J connectivity index is 0. The third-order valence-corrected chi connectivity index (χ3v) is 0.994. The van der Waals surface area contributed by atoms with Gasteiger partial charge in [0.15, 0.2) is 0 Å². The summed E-state index contributed by atoms with van der Waals surface area (Å²) in [6.07, 6.45) is -0.312. The Morgan fingerprint density at radius 2 is 1.43 bits per heavy atom. The van der Waals surface area contributed by atoms with Crippen LogP contribution in [0.15, 0.2) is 0 Å². The molecule has 82 valence electrons. The second kappa shape index (κ2) is 11.6. The van der Waals surface area contributed by atoms with Crippen molar-refractivity contribution in [1.82, 2.24) is 5.32 Å². The van der Waals surface area contributed by atoms with E-state index in [1.54, 1.807) is 0 Å². The van der Waals surface area contributed by atoms with Gasteiger partial charge in [0.05, 0.1) is 14.2 Å². The fourth-order valence-electron chi connectivity index (χ4n) is 0.262. The Kier molecular flexibility index (Phi) is 12.4. The highest BCUT2D eigenvalue weighted by Crippen LogP contribution is 1.85. The average molecular weight is 205 g/mol. The standard InChI is InChI=1S/C5H8O4.C2H5N.CH2O/c1-8-4(6)3-5(7)9-2;1-2-3-1;1-2/h3H2,1-2H3;3H,1-2H2;1H2. The Hall–Kier alpha value is -1.43. The molecule has 0 amide bonds. The first kappa shape index (κ1) is 15.1. The first-order valence-electron chi connectivity index (χ1n) is 3.84. The third-order valence-electron chi connectivity index (χ3n) is 0.994. The molecule has 1 heterocycles. The topological polar surface area (TPSA) is 91.6 Å². The molecule has 1 fully saturated rings. The number of ether oxygens (including phenoxy) is 2. The molecule has 0 radical (unpaired) electrons. The molecule has 0 aromatic heterocycles. The Morgan fingerprint density at radius 1 is 1.14 bits per heavy atom. The molecule has 1 rings (SSSR count). The summed E-state index contributed by atoms with van der Waals surface area (Å²) in [5.74, 6) is -1.16. The Bertz CT molecular complexity index is 152. The van der Waals surface area contributed by atoms with Gasteiger partial charge in [-0.1, -0.05) is 0 Å². The first-order valence-corrected chi connectivity index (χ1v) is 3.84. The molecule has 6 nitrogen and oxygen atoms in total. The van der Waals surface area contributed by atoms with Crippen molar-refractivity contribution in [3.05, 3.63) is 0 Å². The lowest BCUT2D eigenvalue weighted by molar-refractivity contribution is -0.151. The minimum atomic E-state index is -0.582. The van der Waals surface area contributed by atoms with Crippen LogP contribution in [-0.2, 0) is 23.9 Å². The van der Waals surface area contributed by atoms with Gasteiger partial charge in [0.25, 0.3) is 0 Å². The Morgan fingerprint density at radius 3 is 1.57 bits per heavy atom. The monoisotopic (exact) mass is 205 g/mol. The second-order valence-corrected chi connectivity index (χ2v) is 2.08. The van der Waals surface area contributed by atoms with Crippen LogP contribution in [0.4, 0.5) is 0 Å². The summed E-state index contributed by atoms with van der Waals surface area (Å²) in [7, 11) is 2.43. The molecular formula is C8H15NO5. The van der Waals surface area contributed by atoms with Crippen LogP contribution in [0.1, 0.15) is 6.42 Å². The Labute approximate surface area is 82.6 Å². The van der Waals surface area contributed by atoms with Gasteiger partial charge in [-0.2, -0.15) is 0 Å². The van der Waals surface area contributed by atoms with E-state index in [0.29, 0.717) is 0 Å². The van der Waals surface area contributed by atoms with Crippen LogP contribution in [0.3, 0.4) is 0 Å². The van der Waals surface area contributed by atoms with Gasteiger partial charge in [-0.05, 0) is 0 Å². The van der Waals surface area contributed by atoms with E-state index in [2.05, 4.69) is 14.8 Å². The molecule has 0 bridgehead atoms. The highest BCUT2D eigenvalue weighted by molar-refractivity contribution is 5.90. The van der Waals surface area contributed by atoms with Gasteiger partial charge in [0.1, 0.15) is 13.2 Å². The number of nitrogens with one attached hydrogen (secondary N) is 1. The van der Waals surface area contributed by atoms with Crippen LogP contribution in [0, 0.1) is 0 Å².